The highest BCUT2D eigenvalue weighted by Crippen LogP contribution is 2.39. The van der Waals surface area contributed by atoms with Crippen LogP contribution in [0.25, 0.3) is 0 Å². The lowest BCUT2D eigenvalue weighted by Crippen LogP contribution is -2.48. The lowest BCUT2D eigenvalue weighted by Gasteiger charge is -2.26. The topological polar surface area (TPSA) is 90.1 Å². The Morgan fingerprint density at radius 3 is 3.04 bits per heavy atom. The fourth-order valence-corrected chi connectivity index (χ4v) is 4.71. The first-order valence-corrected chi connectivity index (χ1v) is 9.40. The molecule has 0 unspecified atom stereocenters. The number of aromatic nitrogens is 2. The highest BCUT2D eigenvalue weighted by molar-refractivity contribution is 5.86. The van der Waals surface area contributed by atoms with Gasteiger partial charge in [-0.1, -0.05) is 0 Å². The quantitative estimate of drug-likeness (QED) is 0.717. The Balaban J connectivity index is 1.37. The Bertz CT molecular complexity index is 685. The molecule has 2 saturated heterocycles. The monoisotopic (exact) mass is 345 g/mol. The van der Waals surface area contributed by atoms with Gasteiger partial charge < -0.3 is 15.5 Å². The van der Waals surface area contributed by atoms with Crippen molar-refractivity contribution < 1.29 is 9.59 Å². The van der Waals surface area contributed by atoms with Crippen molar-refractivity contribution in [3.63, 3.8) is 0 Å². The molecule has 2 aliphatic heterocycles. The van der Waals surface area contributed by atoms with Crippen molar-refractivity contribution in [3.8, 4) is 0 Å². The summed E-state index contributed by atoms with van der Waals surface area (Å²) in [6, 6.07) is 0. The number of aromatic amines is 1. The molecule has 2 amide bonds. The third kappa shape index (κ3) is 2.84. The fourth-order valence-electron chi connectivity index (χ4n) is 4.71. The first kappa shape index (κ1) is 16.6. The number of carbonyl (C=O) groups excluding carboxylic acids is 2. The number of amides is 2. The van der Waals surface area contributed by atoms with E-state index >= 15 is 0 Å². The highest BCUT2D eigenvalue weighted by Gasteiger charge is 2.55. The molecule has 25 heavy (non-hydrogen) atoms. The van der Waals surface area contributed by atoms with E-state index in [1.807, 2.05) is 4.90 Å². The Morgan fingerprint density at radius 2 is 2.20 bits per heavy atom. The molecule has 2 fully saturated rings. The van der Waals surface area contributed by atoms with Crippen LogP contribution in [0.1, 0.15) is 36.7 Å². The average Bonchev–Trinajstić information content (AvgIpc) is 3.27. The molecule has 1 aliphatic carbocycles. The van der Waals surface area contributed by atoms with Crippen LogP contribution in [0.4, 0.5) is 0 Å². The molecule has 4 rings (SSSR count). The van der Waals surface area contributed by atoms with Crippen molar-refractivity contribution in [2.75, 3.05) is 32.7 Å². The molecule has 0 saturated carbocycles. The van der Waals surface area contributed by atoms with E-state index in [0.717, 1.165) is 31.5 Å². The molecule has 3 N–H and O–H groups in total. The number of rotatable bonds is 4. The maximum atomic E-state index is 12.9. The molecule has 2 atom stereocenters. The van der Waals surface area contributed by atoms with Gasteiger partial charge in [-0.3, -0.25) is 14.7 Å². The summed E-state index contributed by atoms with van der Waals surface area (Å²) in [4.78, 5) is 26.4. The Kier molecular flexibility index (Phi) is 4.27. The number of hydrogen-bond acceptors (Lipinski definition) is 4. The number of carbonyl (C=O) groups is 2. The smallest absolute Gasteiger partial charge is 0.229 e. The van der Waals surface area contributed by atoms with Gasteiger partial charge >= 0.3 is 0 Å². The minimum absolute atomic E-state index is 0.0599. The third-order valence-electron chi connectivity index (χ3n) is 6.21. The van der Waals surface area contributed by atoms with Crippen molar-refractivity contribution in [1.82, 2.24) is 25.7 Å². The minimum Gasteiger partial charge on any atom is -0.355 e. The van der Waals surface area contributed by atoms with Gasteiger partial charge in [-0.05, 0) is 31.2 Å². The maximum Gasteiger partial charge on any atom is 0.229 e. The lowest BCUT2D eigenvalue weighted by atomic mass is 9.80. The second-order valence-electron chi connectivity index (χ2n) is 7.72. The molecular formula is C18H27N5O2. The molecule has 3 aliphatic rings. The van der Waals surface area contributed by atoms with Crippen molar-refractivity contribution in [1.29, 1.82) is 0 Å². The standard InChI is InChI=1S/C18H27N5O2/c1-12(24)23-9-13-8-19-10-18(13,11-23)17(25)20-7-6-16-14-4-2-3-5-15(14)21-22-16/h13,19H,2-11H2,1H3,(H,20,25)(H,21,22)/t13-,18-/m0/s1. The third-order valence-corrected chi connectivity index (χ3v) is 6.21. The maximum absolute atomic E-state index is 12.9. The Labute approximate surface area is 147 Å². The van der Waals surface area contributed by atoms with Gasteiger partial charge in [0.15, 0.2) is 0 Å². The predicted octanol–water partition coefficient (Wildman–Crippen LogP) is 0.0151. The summed E-state index contributed by atoms with van der Waals surface area (Å²) in [6.07, 6.45) is 5.41. The van der Waals surface area contributed by atoms with E-state index in [-0.39, 0.29) is 17.7 Å². The largest absolute Gasteiger partial charge is 0.355 e. The predicted molar refractivity (Wildman–Crippen MR) is 93.0 cm³/mol. The second kappa shape index (κ2) is 6.44. The van der Waals surface area contributed by atoms with Crippen molar-refractivity contribution in [3.05, 3.63) is 17.0 Å². The first-order valence-electron chi connectivity index (χ1n) is 9.40. The molecule has 3 heterocycles. The summed E-state index contributed by atoms with van der Waals surface area (Å²) in [5, 5.41) is 14.1. The van der Waals surface area contributed by atoms with Gasteiger partial charge in [0.25, 0.3) is 0 Å². The number of nitrogens with zero attached hydrogens (tertiary/aromatic N) is 2. The Morgan fingerprint density at radius 1 is 1.36 bits per heavy atom. The van der Waals surface area contributed by atoms with Gasteiger partial charge in [0.1, 0.15) is 0 Å². The summed E-state index contributed by atoms with van der Waals surface area (Å²) in [6.45, 7) is 4.87. The van der Waals surface area contributed by atoms with Crippen LogP contribution >= 0.6 is 0 Å². The number of nitrogens with one attached hydrogen (secondary N) is 3. The number of hydrogen-bond donors (Lipinski definition) is 3. The zero-order valence-electron chi connectivity index (χ0n) is 14.9. The summed E-state index contributed by atoms with van der Waals surface area (Å²) in [5.41, 5.74) is 3.28. The van der Waals surface area contributed by atoms with Crippen molar-refractivity contribution in [2.24, 2.45) is 11.3 Å². The van der Waals surface area contributed by atoms with Gasteiger partial charge in [0, 0.05) is 57.7 Å². The molecule has 7 nitrogen and oxygen atoms in total. The van der Waals surface area contributed by atoms with Crippen LogP contribution in [0.15, 0.2) is 0 Å². The summed E-state index contributed by atoms with van der Waals surface area (Å²) in [7, 11) is 0. The van der Waals surface area contributed by atoms with E-state index < -0.39 is 5.41 Å². The number of aryl methyl sites for hydroxylation is 1. The zero-order chi connectivity index (χ0) is 17.4. The SMILES string of the molecule is CC(=O)N1C[C@@H]2CNC[C@]2(C(=O)NCCc2n[nH]c3c2CCCC3)C1. The molecule has 0 spiro atoms. The van der Waals surface area contributed by atoms with Crippen LogP contribution in [0.5, 0.6) is 0 Å². The molecule has 1 aromatic heterocycles. The van der Waals surface area contributed by atoms with Gasteiger partial charge in [-0.15, -0.1) is 0 Å². The van der Waals surface area contributed by atoms with E-state index in [0.29, 0.717) is 26.2 Å². The zero-order valence-corrected chi connectivity index (χ0v) is 14.9. The minimum atomic E-state index is -0.462. The van der Waals surface area contributed by atoms with Crippen LogP contribution in [0.2, 0.25) is 0 Å². The van der Waals surface area contributed by atoms with Crippen molar-refractivity contribution in [2.45, 2.75) is 39.0 Å². The van der Waals surface area contributed by atoms with Gasteiger partial charge in [0.2, 0.25) is 11.8 Å². The molecule has 0 radical (unpaired) electrons. The number of fused-ring (bicyclic) bond motifs is 2. The highest BCUT2D eigenvalue weighted by atomic mass is 16.2. The van der Waals surface area contributed by atoms with E-state index in [2.05, 4.69) is 20.8 Å². The lowest BCUT2D eigenvalue weighted by molar-refractivity contribution is -0.132. The second-order valence-corrected chi connectivity index (χ2v) is 7.72. The normalized spacial score (nSPS) is 27.9. The average molecular weight is 345 g/mol. The van der Waals surface area contributed by atoms with E-state index in [1.54, 1.807) is 6.92 Å². The molecule has 0 bridgehead atoms. The van der Waals surface area contributed by atoms with Gasteiger partial charge in [0.05, 0.1) is 11.1 Å². The van der Waals surface area contributed by atoms with Crippen LogP contribution in [-0.4, -0.2) is 59.6 Å². The Hall–Kier alpha value is -1.89. The first-order chi connectivity index (χ1) is 12.1. The van der Waals surface area contributed by atoms with E-state index in [9.17, 15) is 9.59 Å². The van der Waals surface area contributed by atoms with Gasteiger partial charge in [-0.25, -0.2) is 0 Å². The molecule has 0 aromatic carbocycles. The van der Waals surface area contributed by atoms with E-state index in [1.165, 1.54) is 24.1 Å². The van der Waals surface area contributed by atoms with Gasteiger partial charge in [-0.2, -0.15) is 5.10 Å². The molecule has 1 aromatic rings. The summed E-state index contributed by atoms with van der Waals surface area (Å²) < 4.78 is 0. The summed E-state index contributed by atoms with van der Waals surface area (Å²) >= 11 is 0. The molecule has 7 heteroatoms. The number of likely N-dealkylation sites (tertiary alicyclic amines) is 1. The van der Waals surface area contributed by atoms with Crippen LogP contribution in [0, 0.1) is 11.3 Å². The van der Waals surface area contributed by atoms with E-state index in [4.69, 9.17) is 0 Å². The number of H-pyrrole nitrogens is 1. The van der Waals surface area contributed by atoms with Crippen LogP contribution < -0.4 is 10.6 Å². The molecular weight excluding hydrogens is 318 g/mol. The van der Waals surface area contributed by atoms with Crippen LogP contribution in [-0.2, 0) is 28.9 Å². The fraction of sp³-hybridized carbons (Fsp3) is 0.722. The molecule has 136 valence electrons. The van der Waals surface area contributed by atoms with Crippen molar-refractivity contribution >= 4 is 11.8 Å². The van der Waals surface area contributed by atoms with Crippen LogP contribution in [0.3, 0.4) is 0 Å². The summed E-state index contributed by atoms with van der Waals surface area (Å²) in [5.74, 6) is 0.356.